The minimum atomic E-state index is -1.07. The van der Waals surface area contributed by atoms with Gasteiger partial charge in [-0.3, -0.25) is 14.5 Å². The Balaban J connectivity index is 1.58. The maximum atomic E-state index is 14.2. The van der Waals surface area contributed by atoms with Crippen LogP contribution in [0.3, 0.4) is 0 Å². The van der Waals surface area contributed by atoms with Crippen molar-refractivity contribution in [2.24, 2.45) is 11.3 Å². The van der Waals surface area contributed by atoms with Gasteiger partial charge in [-0.05, 0) is 57.1 Å². The van der Waals surface area contributed by atoms with Crippen molar-refractivity contribution in [2.45, 2.75) is 110 Å². The summed E-state index contributed by atoms with van der Waals surface area (Å²) >= 11 is 0. The number of likely N-dealkylation sites (tertiary alicyclic amines) is 1. The molecule has 3 amide bonds. The van der Waals surface area contributed by atoms with E-state index in [2.05, 4.69) is 5.32 Å². The van der Waals surface area contributed by atoms with Gasteiger partial charge in [0.1, 0.15) is 17.7 Å². The van der Waals surface area contributed by atoms with E-state index in [0.717, 1.165) is 25.7 Å². The second-order valence-corrected chi connectivity index (χ2v) is 13.8. The fraction of sp³-hybridized carbons (Fsp3) is 0.677. The third-order valence-electron chi connectivity index (χ3n) is 8.02. The Morgan fingerprint density at radius 1 is 1.02 bits per heavy atom. The minimum absolute atomic E-state index is 0.0376. The van der Waals surface area contributed by atoms with Crippen molar-refractivity contribution in [3.8, 4) is 0 Å². The van der Waals surface area contributed by atoms with Crippen molar-refractivity contribution in [1.29, 1.82) is 0 Å². The lowest BCUT2D eigenvalue weighted by Crippen LogP contribution is -2.57. The van der Waals surface area contributed by atoms with Crippen LogP contribution in [0.2, 0.25) is 0 Å². The van der Waals surface area contributed by atoms with Crippen LogP contribution in [0.1, 0.15) is 86.5 Å². The second kappa shape index (κ2) is 11.4. The molecule has 220 valence electrons. The van der Waals surface area contributed by atoms with Gasteiger partial charge in [-0.2, -0.15) is 0 Å². The number of nitrogens with one attached hydrogen (secondary N) is 1. The van der Waals surface area contributed by atoms with Crippen molar-refractivity contribution in [3.05, 3.63) is 30.3 Å². The number of rotatable bonds is 6. The molecule has 3 fully saturated rings. The molecule has 3 aliphatic rings. The molecule has 1 aliphatic carbocycles. The van der Waals surface area contributed by atoms with Crippen LogP contribution in [-0.2, 0) is 23.9 Å². The summed E-state index contributed by atoms with van der Waals surface area (Å²) in [5.41, 5.74) is -1.76. The predicted octanol–water partition coefficient (Wildman–Crippen LogP) is 4.83. The summed E-state index contributed by atoms with van der Waals surface area (Å²) in [7, 11) is 0. The maximum Gasteiger partial charge on any atom is 0.415 e. The van der Waals surface area contributed by atoms with Crippen LogP contribution in [0.4, 0.5) is 10.5 Å². The SMILES string of the molecule is CC(C)(C)OC(=O)C1CC2(CN(c3ccccc3)C(=O)O2)CN1C(=O)C(NC(=O)CC1CCCCC1)C(C)(C)C. The molecule has 0 bridgehead atoms. The smallest absolute Gasteiger partial charge is 0.415 e. The molecule has 40 heavy (non-hydrogen) atoms. The van der Waals surface area contributed by atoms with Crippen LogP contribution < -0.4 is 10.2 Å². The first-order valence-electron chi connectivity index (χ1n) is 14.6. The maximum absolute atomic E-state index is 14.2. The average Bonchev–Trinajstić information content (AvgIpc) is 3.40. The third-order valence-corrected chi connectivity index (χ3v) is 8.02. The van der Waals surface area contributed by atoms with Crippen LogP contribution in [0.5, 0.6) is 0 Å². The molecule has 3 unspecified atom stereocenters. The Bertz CT molecular complexity index is 1100. The zero-order valence-corrected chi connectivity index (χ0v) is 24.8. The molecule has 4 rings (SSSR count). The highest BCUT2D eigenvalue weighted by atomic mass is 16.6. The van der Waals surface area contributed by atoms with Gasteiger partial charge in [0.25, 0.3) is 0 Å². The monoisotopic (exact) mass is 555 g/mol. The highest BCUT2D eigenvalue weighted by Gasteiger charge is 2.58. The van der Waals surface area contributed by atoms with Crippen LogP contribution >= 0.6 is 0 Å². The molecule has 1 aromatic rings. The normalized spacial score (nSPS) is 24.6. The van der Waals surface area contributed by atoms with E-state index in [1.54, 1.807) is 20.8 Å². The van der Waals surface area contributed by atoms with Gasteiger partial charge in [0.15, 0.2) is 5.60 Å². The molecule has 9 nitrogen and oxygen atoms in total. The van der Waals surface area contributed by atoms with Crippen molar-refractivity contribution in [2.75, 3.05) is 18.0 Å². The van der Waals surface area contributed by atoms with Crippen molar-refractivity contribution >= 4 is 29.6 Å². The summed E-state index contributed by atoms with van der Waals surface area (Å²) in [5.74, 6) is -0.735. The quantitative estimate of drug-likeness (QED) is 0.505. The molecule has 9 heteroatoms. The molecule has 1 aromatic carbocycles. The number of hydrogen-bond donors (Lipinski definition) is 1. The number of carbonyl (C=O) groups excluding carboxylic acids is 4. The summed E-state index contributed by atoms with van der Waals surface area (Å²) in [6.07, 6.45) is 5.52. The molecule has 2 saturated heterocycles. The molecular weight excluding hydrogens is 510 g/mol. The Morgan fingerprint density at radius 3 is 2.27 bits per heavy atom. The number of benzene rings is 1. The Kier molecular flexibility index (Phi) is 8.52. The summed E-state index contributed by atoms with van der Waals surface area (Å²) < 4.78 is 11.6. The van der Waals surface area contributed by atoms with Gasteiger partial charge in [-0.1, -0.05) is 58.2 Å². The molecule has 1 N–H and O–H groups in total. The molecule has 1 spiro atoms. The Morgan fingerprint density at radius 2 is 1.68 bits per heavy atom. The van der Waals surface area contributed by atoms with E-state index in [-0.39, 0.29) is 31.3 Å². The lowest BCUT2D eigenvalue weighted by molar-refractivity contribution is -0.164. The van der Waals surface area contributed by atoms with Crippen molar-refractivity contribution in [3.63, 3.8) is 0 Å². The number of nitrogens with zero attached hydrogens (tertiary/aromatic N) is 2. The topological polar surface area (TPSA) is 105 Å². The van der Waals surface area contributed by atoms with Gasteiger partial charge < -0.3 is 19.7 Å². The fourth-order valence-electron chi connectivity index (χ4n) is 6.07. The van der Waals surface area contributed by atoms with Gasteiger partial charge in [0.05, 0.1) is 13.1 Å². The number of amides is 3. The van der Waals surface area contributed by atoms with E-state index < -0.39 is 40.8 Å². The first kappa shape index (κ1) is 29.9. The van der Waals surface area contributed by atoms with Gasteiger partial charge in [-0.25, -0.2) is 9.59 Å². The van der Waals surface area contributed by atoms with E-state index >= 15 is 0 Å². The highest BCUT2D eigenvalue weighted by Crippen LogP contribution is 2.40. The van der Waals surface area contributed by atoms with Crippen LogP contribution in [-0.4, -0.2) is 65.2 Å². The fourth-order valence-corrected chi connectivity index (χ4v) is 6.07. The summed E-state index contributed by atoms with van der Waals surface area (Å²) in [5, 5.41) is 3.01. The van der Waals surface area contributed by atoms with Gasteiger partial charge in [-0.15, -0.1) is 0 Å². The largest absolute Gasteiger partial charge is 0.458 e. The lowest BCUT2D eigenvalue weighted by atomic mass is 9.84. The lowest BCUT2D eigenvalue weighted by Gasteiger charge is -2.36. The number of carbonyl (C=O) groups is 4. The van der Waals surface area contributed by atoms with Gasteiger partial charge in [0, 0.05) is 18.5 Å². The van der Waals surface area contributed by atoms with Gasteiger partial charge >= 0.3 is 12.1 Å². The minimum Gasteiger partial charge on any atom is -0.458 e. The number of ether oxygens (including phenoxy) is 2. The Labute approximate surface area is 237 Å². The molecule has 0 aromatic heterocycles. The Hall–Kier alpha value is -3.10. The number of anilines is 1. The molecule has 0 radical (unpaired) electrons. The van der Waals surface area contributed by atoms with Gasteiger partial charge in [0.2, 0.25) is 11.8 Å². The van der Waals surface area contributed by atoms with E-state index in [4.69, 9.17) is 9.47 Å². The van der Waals surface area contributed by atoms with E-state index in [0.29, 0.717) is 18.0 Å². The zero-order valence-electron chi connectivity index (χ0n) is 24.8. The van der Waals surface area contributed by atoms with Crippen molar-refractivity contribution in [1.82, 2.24) is 10.2 Å². The standard InChI is InChI=1S/C31H45N3O6/c1-29(2,3)25(32-24(35)17-21-13-9-7-10-14-21)26(36)34-20-31(18-23(34)27(37)39-30(4,5)6)19-33(28(38)40-31)22-15-11-8-12-16-22/h8,11-12,15-16,21,23,25H,7,9-10,13-14,17-20H2,1-6H3,(H,32,35). The van der Waals surface area contributed by atoms with E-state index in [1.807, 2.05) is 51.1 Å². The summed E-state index contributed by atoms with van der Waals surface area (Å²) in [6, 6.07) is 7.38. The molecule has 1 saturated carbocycles. The number of hydrogen-bond acceptors (Lipinski definition) is 6. The molecule has 2 aliphatic heterocycles. The number of esters is 1. The van der Waals surface area contributed by atoms with Crippen LogP contribution in [0.15, 0.2) is 30.3 Å². The first-order valence-corrected chi connectivity index (χ1v) is 14.6. The predicted molar refractivity (Wildman–Crippen MR) is 152 cm³/mol. The summed E-state index contributed by atoms with van der Waals surface area (Å²) in [6.45, 7) is 11.3. The zero-order chi connectivity index (χ0) is 29.3. The second-order valence-electron chi connectivity index (χ2n) is 13.8. The van der Waals surface area contributed by atoms with Crippen LogP contribution in [0, 0.1) is 11.3 Å². The summed E-state index contributed by atoms with van der Waals surface area (Å²) in [4.78, 5) is 56.8. The first-order chi connectivity index (χ1) is 18.7. The van der Waals surface area contributed by atoms with E-state index in [1.165, 1.54) is 16.2 Å². The number of para-hydroxylation sites is 1. The third kappa shape index (κ3) is 6.96. The highest BCUT2D eigenvalue weighted by molar-refractivity contribution is 5.94. The van der Waals surface area contributed by atoms with E-state index in [9.17, 15) is 19.2 Å². The molecule has 3 atom stereocenters. The van der Waals surface area contributed by atoms with Crippen LogP contribution in [0.25, 0.3) is 0 Å². The van der Waals surface area contributed by atoms with Crippen molar-refractivity contribution < 1.29 is 28.7 Å². The molecular formula is C31H45N3O6. The average molecular weight is 556 g/mol. The molecule has 2 heterocycles.